The second-order valence-electron chi connectivity index (χ2n) is 6.96. The molecule has 0 radical (unpaired) electrons. The number of benzene rings is 2. The van der Waals surface area contributed by atoms with Gasteiger partial charge in [0.15, 0.2) is 0 Å². The summed E-state index contributed by atoms with van der Waals surface area (Å²) in [7, 11) is 0. The lowest BCUT2D eigenvalue weighted by Crippen LogP contribution is -2.37. The van der Waals surface area contributed by atoms with E-state index in [2.05, 4.69) is 68.3 Å². The van der Waals surface area contributed by atoms with Crippen LogP contribution in [0.15, 0.2) is 45.3 Å². The molecule has 0 aliphatic heterocycles. The fraction of sp³-hybridized carbons (Fsp3) is 0.478. The molecule has 2 aromatic rings. The fourth-order valence-corrected chi connectivity index (χ4v) is 4.53. The Morgan fingerprint density at radius 1 is 0.655 bits per heavy atom. The van der Waals surface area contributed by atoms with Gasteiger partial charge in [0, 0.05) is 22.2 Å². The van der Waals surface area contributed by atoms with Crippen molar-refractivity contribution < 1.29 is 18.9 Å². The first-order valence-electron chi connectivity index (χ1n) is 10.0. The van der Waals surface area contributed by atoms with E-state index in [1.165, 1.54) is 22.3 Å². The number of rotatable bonds is 12. The maximum Gasteiger partial charge on any atom is 0.0701 e. The molecule has 0 spiro atoms. The van der Waals surface area contributed by atoms with Gasteiger partial charge < -0.3 is 18.9 Å². The third kappa shape index (κ3) is 5.30. The Bertz CT molecular complexity index is 742. The molecule has 0 unspecified atom stereocenters. The van der Waals surface area contributed by atoms with Crippen LogP contribution in [0.5, 0.6) is 0 Å². The maximum atomic E-state index is 6.13. The van der Waals surface area contributed by atoms with Gasteiger partial charge in [-0.3, -0.25) is 0 Å². The van der Waals surface area contributed by atoms with Gasteiger partial charge in [-0.15, -0.1) is 0 Å². The number of ether oxygens (including phenoxy) is 4. The van der Waals surface area contributed by atoms with Crippen LogP contribution in [0.1, 0.15) is 25.0 Å². The van der Waals surface area contributed by atoms with E-state index < -0.39 is 0 Å². The molecule has 0 saturated carbocycles. The highest BCUT2D eigenvalue weighted by Gasteiger charge is 2.44. The Morgan fingerprint density at radius 3 is 1.48 bits per heavy atom. The average molecular weight is 528 g/mol. The van der Waals surface area contributed by atoms with Gasteiger partial charge in [-0.2, -0.15) is 0 Å². The monoisotopic (exact) mass is 526 g/mol. The van der Waals surface area contributed by atoms with E-state index in [-0.39, 0.29) is 5.41 Å². The van der Waals surface area contributed by atoms with Crippen LogP contribution < -0.4 is 0 Å². The third-order valence-corrected chi connectivity index (χ3v) is 6.12. The summed E-state index contributed by atoms with van der Waals surface area (Å²) in [5.41, 5.74) is 4.55. The lowest BCUT2D eigenvalue weighted by atomic mass is 9.79. The van der Waals surface area contributed by atoms with Gasteiger partial charge in [0.05, 0.1) is 45.1 Å². The summed E-state index contributed by atoms with van der Waals surface area (Å²) < 4.78 is 25.3. The van der Waals surface area contributed by atoms with Crippen LogP contribution in [-0.4, -0.2) is 52.9 Å². The first kappa shape index (κ1) is 22.9. The quantitative estimate of drug-likeness (QED) is 0.337. The Morgan fingerprint density at radius 2 is 1.07 bits per heavy atom. The van der Waals surface area contributed by atoms with E-state index in [1.807, 2.05) is 13.8 Å². The highest BCUT2D eigenvalue weighted by molar-refractivity contribution is 9.10. The van der Waals surface area contributed by atoms with Crippen molar-refractivity contribution in [1.82, 2.24) is 0 Å². The molecule has 0 saturated heterocycles. The summed E-state index contributed by atoms with van der Waals surface area (Å²) in [5, 5.41) is 0. The lowest BCUT2D eigenvalue weighted by molar-refractivity contribution is -0.00306. The Labute approximate surface area is 190 Å². The molecule has 29 heavy (non-hydrogen) atoms. The van der Waals surface area contributed by atoms with Crippen molar-refractivity contribution in [2.75, 3.05) is 52.9 Å². The highest BCUT2D eigenvalue weighted by Crippen LogP contribution is 2.50. The summed E-state index contributed by atoms with van der Waals surface area (Å²) in [6.07, 6.45) is 0. The first-order valence-corrected chi connectivity index (χ1v) is 11.6. The molecule has 1 aliphatic carbocycles. The van der Waals surface area contributed by atoms with Crippen LogP contribution in [0.2, 0.25) is 0 Å². The third-order valence-electron chi connectivity index (χ3n) is 5.13. The van der Waals surface area contributed by atoms with E-state index in [1.54, 1.807) is 0 Å². The minimum atomic E-state index is -0.378. The van der Waals surface area contributed by atoms with Gasteiger partial charge in [0.1, 0.15) is 0 Å². The van der Waals surface area contributed by atoms with Crippen LogP contribution in [0, 0.1) is 0 Å². The molecule has 1 aliphatic rings. The van der Waals surface area contributed by atoms with Crippen molar-refractivity contribution in [2.24, 2.45) is 0 Å². The number of hydrogen-bond donors (Lipinski definition) is 0. The predicted octanol–water partition coefficient (Wildman–Crippen LogP) is 5.58. The molecular weight excluding hydrogens is 500 g/mol. The predicted molar refractivity (Wildman–Crippen MR) is 123 cm³/mol. The van der Waals surface area contributed by atoms with E-state index in [9.17, 15) is 0 Å². The molecule has 158 valence electrons. The van der Waals surface area contributed by atoms with E-state index in [0.717, 1.165) is 8.95 Å². The molecule has 0 atom stereocenters. The summed E-state index contributed by atoms with van der Waals surface area (Å²) in [6, 6.07) is 12.9. The van der Waals surface area contributed by atoms with Gasteiger partial charge in [0.2, 0.25) is 0 Å². The summed E-state index contributed by atoms with van der Waals surface area (Å²) in [5.74, 6) is 0. The fourth-order valence-electron chi connectivity index (χ4n) is 3.81. The van der Waals surface area contributed by atoms with Crippen molar-refractivity contribution in [1.29, 1.82) is 0 Å². The standard InChI is InChI=1S/C23H28Br2O4/c1-3-26-9-11-28-15-23(16-29-12-10-27-4-2)21-13-17(24)5-7-19(21)20-8-6-18(25)14-22(20)23/h5-8,13-14H,3-4,9-12,15-16H2,1-2H3. The van der Waals surface area contributed by atoms with Gasteiger partial charge in [-0.05, 0) is 60.4 Å². The van der Waals surface area contributed by atoms with Gasteiger partial charge in [-0.1, -0.05) is 44.0 Å². The first-order chi connectivity index (χ1) is 14.1. The molecule has 4 nitrogen and oxygen atoms in total. The van der Waals surface area contributed by atoms with Crippen LogP contribution >= 0.6 is 31.9 Å². The molecule has 3 rings (SSSR count). The zero-order chi connectivity index (χ0) is 20.7. The maximum absolute atomic E-state index is 6.13. The van der Waals surface area contributed by atoms with Crippen molar-refractivity contribution in [2.45, 2.75) is 19.3 Å². The van der Waals surface area contributed by atoms with Crippen molar-refractivity contribution in [3.8, 4) is 11.1 Å². The van der Waals surface area contributed by atoms with E-state index >= 15 is 0 Å². The molecule has 0 heterocycles. The lowest BCUT2D eigenvalue weighted by Gasteiger charge is -2.32. The Kier molecular flexibility index (Phi) is 8.71. The number of hydrogen-bond acceptors (Lipinski definition) is 4. The molecule has 2 aromatic carbocycles. The zero-order valence-electron chi connectivity index (χ0n) is 17.0. The van der Waals surface area contributed by atoms with Crippen molar-refractivity contribution >= 4 is 31.9 Å². The smallest absolute Gasteiger partial charge is 0.0701 e. The number of fused-ring (bicyclic) bond motifs is 3. The SMILES string of the molecule is CCOCCOCC1(COCCOCC)c2cc(Br)ccc2-c2ccc(Br)cc21. The average Bonchev–Trinajstić information content (AvgIpc) is 2.96. The molecule has 6 heteroatoms. The molecule has 0 bridgehead atoms. The summed E-state index contributed by atoms with van der Waals surface area (Å²) >= 11 is 7.30. The topological polar surface area (TPSA) is 36.9 Å². The van der Waals surface area contributed by atoms with Gasteiger partial charge in [0.25, 0.3) is 0 Å². The summed E-state index contributed by atoms with van der Waals surface area (Å²) in [6.45, 7) is 8.73. The molecule has 0 N–H and O–H groups in total. The minimum Gasteiger partial charge on any atom is -0.379 e. The Hall–Kier alpha value is -0.760. The molecular formula is C23H28Br2O4. The van der Waals surface area contributed by atoms with Gasteiger partial charge >= 0.3 is 0 Å². The molecule has 0 fully saturated rings. The number of halogens is 2. The minimum absolute atomic E-state index is 0.378. The van der Waals surface area contributed by atoms with Crippen LogP contribution in [-0.2, 0) is 24.4 Å². The van der Waals surface area contributed by atoms with Crippen molar-refractivity contribution in [3.05, 3.63) is 56.5 Å². The van der Waals surface area contributed by atoms with Crippen LogP contribution in [0.25, 0.3) is 11.1 Å². The highest BCUT2D eigenvalue weighted by atomic mass is 79.9. The van der Waals surface area contributed by atoms with E-state index in [0.29, 0.717) is 52.9 Å². The second-order valence-corrected chi connectivity index (χ2v) is 8.79. The van der Waals surface area contributed by atoms with Crippen molar-refractivity contribution in [3.63, 3.8) is 0 Å². The van der Waals surface area contributed by atoms with Crippen LogP contribution in [0.4, 0.5) is 0 Å². The largest absolute Gasteiger partial charge is 0.379 e. The van der Waals surface area contributed by atoms with Gasteiger partial charge in [-0.25, -0.2) is 0 Å². The van der Waals surface area contributed by atoms with E-state index in [4.69, 9.17) is 18.9 Å². The summed E-state index contributed by atoms with van der Waals surface area (Å²) in [4.78, 5) is 0. The molecule has 0 aromatic heterocycles. The molecule has 0 amide bonds. The second kappa shape index (κ2) is 11.0. The zero-order valence-corrected chi connectivity index (χ0v) is 20.2. The Balaban J connectivity index is 1.93. The normalized spacial score (nSPS) is 14.1. The van der Waals surface area contributed by atoms with Crippen LogP contribution in [0.3, 0.4) is 0 Å².